The zero-order valence-electron chi connectivity index (χ0n) is 18.7. The van der Waals surface area contributed by atoms with E-state index in [0.29, 0.717) is 24.5 Å². The molecule has 0 saturated carbocycles. The quantitative estimate of drug-likeness (QED) is 0.302. The Morgan fingerprint density at radius 2 is 2.03 bits per heavy atom. The van der Waals surface area contributed by atoms with E-state index >= 15 is 0 Å². The van der Waals surface area contributed by atoms with Crippen molar-refractivity contribution in [2.75, 3.05) is 55.0 Å². The number of benzene rings is 1. The maximum absolute atomic E-state index is 11.3. The van der Waals surface area contributed by atoms with Gasteiger partial charge in [-0.25, -0.2) is 0 Å². The lowest BCUT2D eigenvalue weighted by molar-refractivity contribution is -0.119. The van der Waals surface area contributed by atoms with Crippen LogP contribution in [0.3, 0.4) is 0 Å². The number of ether oxygens (including phenoxy) is 2. The van der Waals surface area contributed by atoms with Gasteiger partial charge in [0.1, 0.15) is 0 Å². The van der Waals surface area contributed by atoms with Crippen molar-refractivity contribution in [3.05, 3.63) is 23.8 Å². The molecule has 2 atom stereocenters. The summed E-state index contributed by atoms with van der Waals surface area (Å²) in [5.41, 5.74) is 6.52. The fourth-order valence-corrected chi connectivity index (χ4v) is 3.89. The number of hydrogen-bond donors (Lipinski definition) is 2. The van der Waals surface area contributed by atoms with Gasteiger partial charge >= 0.3 is 0 Å². The smallest absolute Gasteiger partial charge is 0.217 e. The number of nitrogens with zero attached hydrogens (tertiary/aromatic N) is 3. The number of piperidine rings is 1. The Bertz CT molecular complexity index is 714. The number of methoxy groups -OCH3 is 2. The standard InChI is InChI=1S/C21H35N5O3.HI/c1-23-21(26-10-6-7-15(14-26)11-20(22)27)24-13-17(25(2)3)16-8-9-18(28-4)19(12-16)29-5;/h8-9,12,15,17H,6-7,10-11,13-14H2,1-5H3,(H2,22,27)(H,23,24);1H. The van der Waals surface area contributed by atoms with Gasteiger partial charge in [0, 0.05) is 33.1 Å². The van der Waals surface area contributed by atoms with Crippen LogP contribution in [0.15, 0.2) is 23.2 Å². The number of nitrogens with two attached hydrogens (primary N) is 1. The second kappa shape index (κ2) is 12.8. The van der Waals surface area contributed by atoms with Gasteiger partial charge in [-0.05, 0) is 50.6 Å². The Hall–Kier alpha value is -1.75. The third kappa shape index (κ3) is 7.19. The van der Waals surface area contributed by atoms with Crippen LogP contribution in [-0.4, -0.2) is 76.7 Å². The number of likely N-dealkylation sites (tertiary alicyclic amines) is 1. The highest BCUT2D eigenvalue weighted by Gasteiger charge is 2.24. The number of likely N-dealkylation sites (N-methyl/N-ethyl adjacent to an activating group) is 1. The summed E-state index contributed by atoms with van der Waals surface area (Å²) >= 11 is 0. The number of primary amides is 1. The van der Waals surface area contributed by atoms with Crippen LogP contribution in [0.25, 0.3) is 0 Å². The summed E-state index contributed by atoms with van der Waals surface area (Å²) in [5, 5.41) is 3.51. The summed E-state index contributed by atoms with van der Waals surface area (Å²) in [4.78, 5) is 20.1. The van der Waals surface area contributed by atoms with Crippen molar-refractivity contribution in [2.24, 2.45) is 16.6 Å². The lowest BCUT2D eigenvalue weighted by atomic mass is 9.95. The van der Waals surface area contributed by atoms with E-state index in [1.807, 2.05) is 12.1 Å². The molecule has 1 aromatic rings. The lowest BCUT2D eigenvalue weighted by Gasteiger charge is -2.35. The summed E-state index contributed by atoms with van der Waals surface area (Å²) < 4.78 is 10.8. The van der Waals surface area contributed by atoms with Gasteiger partial charge in [-0.15, -0.1) is 24.0 Å². The Balaban J connectivity index is 0.00000450. The third-order valence-electron chi connectivity index (χ3n) is 5.39. The third-order valence-corrected chi connectivity index (χ3v) is 5.39. The van der Waals surface area contributed by atoms with E-state index in [4.69, 9.17) is 15.2 Å². The van der Waals surface area contributed by atoms with Crippen LogP contribution in [-0.2, 0) is 4.79 Å². The molecule has 0 spiro atoms. The minimum absolute atomic E-state index is 0. The molecule has 1 aliphatic heterocycles. The summed E-state index contributed by atoms with van der Waals surface area (Å²) in [7, 11) is 9.17. The van der Waals surface area contributed by atoms with Crippen molar-refractivity contribution in [1.82, 2.24) is 15.1 Å². The van der Waals surface area contributed by atoms with E-state index in [2.05, 4.69) is 40.3 Å². The zero-order chi connectivity index (χ0) is 21.4. The van der Waals surface area contributed by atoms with Crippen molar-refractivity contribution >= 4 is 35.8 Å². The number of nitrogens with one attached hydrogen (secondary N) is 1. The Morgan fingerprint density at radius 3 is 2.60 bits per heavy atom. The first-order chi connectivity index (χ1) is 13.9. The number of hydrogen-bond acceptors (Lipinski definition) is 5. The van der Waals surface area contributed by atoms with Crippen LogP contribution in [0, 0.1) is 5.92 Å². The predicted molar refractivity (Wildman–Crippen MR) is 131 cm³/mol. The lowest BCUT2D eigenvalue weighted by Crippen LogP contribution is -2.48. The molecule has 1 aliphatic rings. The van der Waals surface area contributed by atoms with Gasteiger partial charge in [0.2, 0.25) is 5.91 Å². The normalized spacial score (nSPS) is 17.9. The molecule has 1 saturated heterocycles. The van der Waals surface area contributed by atoms with E-state index in [1.54, 1.807) is 21.3 Å². The van der Waals surface area contributed by atoms with Crippen LogP contribution in [0.5, 0.6) is 11.5 Å². The van der Waals surface area contributed by atoms with Gasteiger partial charge in [0.15, 0.2) is 17.5 Å². The highest BCUT2D eigenvalue weighted by molar-refractivity contribution is 14.0. The molecular formula is C21H36IN5O3. The number of aliphatic imine (C=N–C) groups is 1. The van der Waals surface area contributed by atoms with Crippen molar-refractivity contribution in [2.45, 2.75) is 25.3 Å². The summed E-state index contributed by atoms with van der Waals surface area (Å²) in [5.74, 6) is 2.33. The van der Waals surface area contributed by atoms with Crippen molar-refractivity contribution < 1.29 is 14.3 Å². The number of halogens is 1. The molecule has 1 heterocycles. The molecule has 2 rings (SSSR count). The average molecular weight is 533 g/mol. The highest BCUT2D eigenvalue weighted by Crippen LogP contribution is 2.31. The second-order valence-electron chi connectivity index (χ2n) is 7.65. The Labute approximate surface area is 197 Å². The summed E-state index contributed by atoms with van der Waals surface area (Å²) in [6, 6.07) is 6.12. The molecule has 8 nitrogen and oxygen atoms in total. The highest BCUT2D eigenvalue weighted by atomic mass is 127. The predicted octanol–water partition coefficient (Wildman–Crippen LogP) is 2.09. The number of guanidine groups is 1. The molecule has 0 radical (unpaired) electrons. The van der Waals surface area contributed by atoms with Crippen molar-refractivity contribution in [1.29, 1.82) is 0 Å². The molecule has 170 valence electrons. The van der Waals surface area contributed by atoms with Crippen LogP contribution in [0.1, 0.15) is 30.9 Å². The number of carbonyl (C=O) groups is 1. The largest absolute Gasteiger partial charge is 0.493 e. The molecule has 0 aromatic heterocycles. The molecular weight excluding hydrogens is 497 g/mol. The van der Waals surface area contributed by atoms with Crippen molar-refractivity contribution in [3.8, 4) is 11.5 Å². The average Bonchev–Trinajstić information content (AvgIpc) is 2.70. The van der Waals surface area contributed by atoms with Gasteiger partial charge in [-0.2, -0.15) is 0 Å². The topological polar surface area (TPSA) is 92.4 Å². The van der Waals surface area contributed by atoms with E-state index in [0.717, 1.165) is 37.5 Å². The van der Waals surface area contributed by atoms with Gasteiger partial charge < -0.3 is 30.3 Å². The maximum atomic E-state index is 11.3. The van der Waals surface area contributed by atoms with Gasteiger partial charge in [-0.3, -0.25) is 9.79 Å². The van der Waals surface area contributed by atoms with Crippen molar-refractivity contribution in [3.63, 3.8) is 0 Å². The zero-order valence-corrected chi connectivity index (χ0v) is 21.0. The number of amides is 1. The molecule has 1 amide bonds. The summed E-state index contributed by atoms with van der Waals surface area (Å²) in [6.45, 7) is 2.41. The van der Waals surface area contributed by atoms with Gasteiger partial charge in [0.25, 0.3) is 0 Å². The van der Waals surface area contributed by atoms with Crippen LogP contribution >= 0.6 is 24.0 Å². The molecule has 9 heteroatoms. The van der Waals surface area contributed by atoms with Crippen LogP contribution in [0.2, 0.25) is 0 Å². The first-order valence-corrected chi connectivity index (χ1v) is 10.0. The van der Waals surface area contributed by atoms with Gasteiger partial charge in [-0.1, -0.05) is 6.07 Å². The molecule has 2 unspecified atom stereocenters. The molecule has 0 aliphatic carbocycles. The maximum Gasteiger partial charge on any atom is 0.217 e. The SMILES string of the molecule is CN=C(NCC(c1ccc(OC)c(OC)c1)N(C)C)N1CCCC(CC(N)=O)C1.I. The van der Waals surface area contributed by atoms with E-state index < -0.39 is 0 Å². The van der Waals surface area contributed by atoms with Crippen LogP contribution < -0.4 is 20.5 Å². The minimum atomic E-state index is -0.235. The van der Waals surface area contributed by atoms with Crippen LogP contribution in [0.4, 0.5) is 0 Å². The monoisotopic (exact) mass is 533 g/mol. The van der Waals surface area contributed by atoms with E-state index in [-0.39, 0.29) is 41.8 Å². The number of carbonyl (C=O) groups excluding carboxylic acids is 1. The Kier molecular flexibility index (Phi) is 11.2. The first kappa shape index (κ1) is 26.3. The molecule has 30 heavy (non-hydrogen) atoms. The minimum Gasteiger partial charge on any atom is -0.493 e. The molecule has 1 aromatic carbocycles. The van der Waals surface area contributed by atoms with E-state index in [9.17, 15) is 4.79 Å². The van der Waals surface area contributed by atoms with E-state index in [1.165, 1.54) is 0 Å². The molecule has 3 N–H and O–H groups in total. The second-order valence-corrected chi connectivity index (χ2v) is 7.65. The fourth-order valence-electron chi connectivity index (χ4n) is 3.89. The van der Waals surface area contributed by atoms with Gasteiger partial charge in [0.05, 0.1) is 20.3 Å². The summed E-state index contributed by atoms with van der Waals surface area (Å²) in [6.07, 6.45) is 2.49. The first-order valence-electron chi connectivity index (χ1n) is 10.0. The Morgan fingerprint density at radius 1 is 1.33 bits per heavy atom. The number of rotatable bonds is 8. The fraction of sp³-hybridized carbons (Fsp3) is 0.619. The molecule has 1 fully saturated rings. The molecule has 0 bridgehead atoms.